The van der Waals surface area contributed by atoms with Crippen LogP contribution in [0.15, 0.2) is 33.9 Å². The van der Waals surface area contributed by atoms with E-state index in [4.69, 9.17) is 9.15 Å². The van der Waals surface area contributed by atoms with Gasteiger partial charge < -0.3 is 14.5 Å². The third-order valence-corrected chi connectivity index (χ3v) is 3.77. The number of hydrogen-bond acceptors (Lipinski definition) is 5. The first-order valence-corrected chi connectivity index (χ1v) is 7.40. The van der Waals surface area contributed by atoms with E-state index in [1.54, 1.807) is 29.9 Å². The Balaban J connectivity index is 1.98. The Hall–Kier alpha value is -2.61. The van der Waals surface area contributed by atoms with Gasteiger partial charge in [0.05, 0.1) is 18.4 Å². The van der Waals surface area contributed by atoms with Gasteiger partial charge in [0, 0.05) is 25.8 Å². The monoisotopic (exact) mass is 318 g/mol. The number of amides is 1. The lowest BCUT2D eigenvalue weighted by molar-refractivity contribution is -0.125. The summed E-state index contributed by atoms with van der Waals surface area (Å²) >= 11 is 0. The Morgan fingerprint density at radius 1 is 1.48 bits per heavy atom. The van der Waals surface area contributed by atoms with Gasteiger partial charge in [-0.3, -0.25) is 14.0 Å². The topological polar surface area (TPSA) is 90.8 Å². The normalized spacial score (nSPS) is 12.8. The first-order chi connectivity index (χ1) is 11.2. The van der Waals surface area contributed by atoms with Gasteiger partial charge >= 0.3 is 0 Å². The fourth-order valence-corrected chi connectivity index (χ4v) is 2.60. The summed E-state index contributed by atoms with van der Waals surface area (Å²) in [6, 6.07) is 2.76. The summed E-state index contributed by atoms with van der Waals surface area (Å²) in [5.41, 5.74) is 1.48. The molecule has 0 aliphatic rings. The molecule has 0 aromatic carbocycles. The van der Waals surface area contributed by atoms with Gasteiger partial charge in [0.1, 0.15) is 17.9 Å². The van der Waals surface area contributed by atoms with Gasteiger partial charge in [-0.05, 0) is 6.42 Å². The highest BCUT2D eigenvalue weighted by Gasteiger charge is 2.22. The third-order valence-electron chi connectivity index (χ3n) is 3.77. The SMILES string of the molecule is CCC(C(=O)NCCOC)n1ncn2c(cc3occc32)c1=O. The van der Waals surface area contributed by atoms with Crippen LogP contribution in [0.4, 0.5) is 0 Å². The number of carbonyl (C=O) groups is 1. The van der Waals surface area contributed by atoms with E-state index in [0.717, 1.165) is 5.52 Å². The van der Waals surface area contributed by atoms with Gasteiger partial charge in [0.2, 0.25) is 5.91 Å². The minimum Gasteiger partial charge on any atom is -0.463 e. The number of methoxy groups -OCH3 is 1. The van der Waals surface area contributed by atoms with Crippen molar-refractivity contribution in [3.8, 4) is 0 Å². The molecule has 122 valence electrons. The van der Waals surface area contributed by atoms with Crippen LogP contribution in [0.3, 0.4) is 0 Å². The molecular weight excluding hydrogens is 300 g/mol. The van der Waals surface area contributed by atoms with Crippen LogP contribution in [-0.2, 0) is 9.53 Å². The van der Waals surface area contributed by atoms with Crippen LogP contribution in [0.1, 0.15) is 19.4 Å². The third kappa shape index (κ3) is 2.61. The molecular formula is C15H18N4O4. The number of nitrogens with zero attached hydrogens (tertiary/aromatic N) is 3. The largest absolute Gasteiger partial charge is 0.463 e. The van der Waals surface area contributed by atoms with E-state index in [1.165, 1.54) is 11.0 Å². The van der Waals surface area contributed by atoms with E-state index in [1.807, 2.05) is 6.92 Å². The average Bonchev–Trinajstić information content (AvgIpc) is 3.12. The van der Waals surface area contributed by atoms with Crippen molar-refractivity contribution in [1.29, 1.82) is 0 Å². The van der Waals surface area contributed by atoms with Crippen molar-refractivity contribution >= 4 is 22.5 Å². The molecule has 1 N–H and O–H groups in total. The number of carbonyl (C=O) groups excluding carboxylic acids is 1. The summed E-state index contributed by atoms with van der Waals surface area (Å²) in [5.74, 6) is -0.251. The lowest BCUT2D eigenvalue weighted by Gasteiger charge is -2.16. The zero-order valence-electron chi connectivity index (χ0n) is 13.0. The smallest absolute Gasteiger partial charge is 0.291 e. The van der Waals surface area contributed by atoms with Crippen LogP contribution in [0.5, 0.6) is 0 Å². The van der Waals surface area contributed by atoms with E-state index in [2.05, 4.69) is 10.4 Å². The molecule has 3 heterocycles. The zero-order valence-corrected chi connectivity index (χ0v) is 13.0. The molecule has 0 spiro atoms. The molecule has 0 aliphatic carbocycles. The standard InChI is InChI=1S/C15H18N4O4/c1-3-10(14(20)16-5-7-22-2)19-15(21)12-8-13-11(4-6-23-13)18(12)9-17-19/h4,6,8-10H,3,5,7H2,1-2H3,(H,16,20). The summed E-state index contributed by atoms with van der Waals surface area (Å²) in [6.45, 7) is 2.64. The number of rotatable bonds is 6. The fourth-order valence-electron chi connectivity index (χ4n) is 2.60. The lowest BCUT2D eigenvalue weighted by atomic mass is 10.2. The van der Waals surface area contributed by atoms with Crippen molar-refractivity contribution in [3.05, 3.63) is 35.1 Å². The summed E-state index contributed by atoms with van der Waals surface area (Å²) in [6.07, 6.45) is 3.54. The van der Waals surface area contributed by atoms with Gasteiger partial charge in [-0.25, -0.2) is 4.68 Å². The minimum absolute atomic E-state index is 0.251. The van der Waals surface area contributed by atoms with Crippen molar-refractivity contribution < 1.29 is 13.9 Å². The second-order valence-electron chi connectivity index (χ2n) is 5.16. The van der Waals surface area contributed by atoms with E-state index >= 15 is 0 Å². The van der Waals surface area contributed by atoms with Crippen LogP contribution in [0.2, 0.25) is 0 Å². The number of furan rings is 1. The first kappa shape index (κ1) is 15.3. The molecule has 1 atom stereocenters. The molecule has 0 aliphatic heterocycles. The predicted molar refractivity (Wildman–Crippen MR) is 83.4 cm³/mol. The van der Waals surface area contributed by atoms with E-state index < -0.39 is 6.04 Å². The van der Waals surface area contributed by atoms with Crippen molar-refractivity contribution in [1.82, 2.24) is 19.5 Å². The molecule has 1 unspecified atom stereocenters. The van der Waals surface area contributed by atoms with Crippen molar-refractivity contribution in [2.75, 3.05) is 20.3 Å². The highest BCUT2D eigenvalue weighted by atomic mass is 16.5. The second kappa shape index (κ2) is 6.25. The quantitative estimate of drug-likeness (QED) is 0.684. The van der Waals surface area contributed by atoms with Crippen LogP contribution >= 0.6 is 0 Å². The van der Waals surface area contributed by atoms with Crippen LogP contribution in [0, 0.1) is 0 Å². The maximum atomic E-state index is 12.7. The van der Waals surface area contributed by atoms with E-state index in [-0.39, 0.29) is 11.5 Å². The Morgan fingerprint density at radius 3 is 3.04 bits per heavy atom. The van der Waals surface area contributed by atoms with Gasteiger partial charge in [-0.2, -0.15) is 5.10 Å². The Morgan fingerprint density at radius 2 is 2.30 bits per heavy atom. The van der Waals surface area contributed by atoms with E-state index in [9.17, 15) is 9.59 Å². The molecule has 23 heavy (non-hydrogen) atoms. The molecule has 3 aromatic rings. The maximum absolute atomic E-state index is 12.7. The van der Waals surface area contributed by atoms with Gasteiger partial charge in [-0.15, -0.1) is 0 Å². The number of aromatic nitrogens is 3. The number of nitrogens with one attached hydrogen (secondary N) is 1. The molecule has 0 bridgehead atoms. The summed E-state index contributed by atoms with van der Waals surface area (Å²) in [4.78, 5) is 24.9. The molecule has 3 rings (SSSR count). The molecule has 0 radical (unpaired) electrons. The summed E-state index contributed by atoms with van der Waals surface area (Å²) < 4.78 is 13.1. The molecule has 0 saturated heterocycles. The van der Waals surface area contributed by atoms with Crippen LogP contribution in [-0.4, -0.2) is 40.3 Å². The summed E-state index contributed by atoms with van der Waals surface area (Å²) in [7, 11) is 1.56. The number of ether oxygens (including phenoxy) is 1. The highest BCUT2D eigenvalue weighted by Crippen LogP contribution is 2.19. The molecule has 3 aromatic heterocycles. The molecule has 8 heteroatoms. The lowest BCUT2D eigenvalue weighted by Crippen LogP contribution is -2.39. The molecule has 1 amide bonds. The number of fused-ring (bicyclic) bond motifs is 3. The maximum Gasteiger partial charge on any atom is 0.291 e. The molecule has 0 fully saturated rings. The van der Waals surface area contributed by atoms with Crippen molar-refractivity contribution in [2.24, 2.45) is 0 Å². The molecule has 8 nitrogen and oxygen atoms in total. The Kier molecular flexibility index (Phi) is 4.16. The Labute approximate surface area is 131 Å². The van der Waals surface area contributed by atoms with Crippen LogP contribution in [0.25, 0.3) is 16.6 Å². The van der Waals surface area contributed by atoms with Crippen molar-refractivity contribution in [3.63, 3.8) is 0 Å². The first-order valence-electron chi connectivity index (χ1n) is 7.40. The fraction of sp³-hybridized carbons (Fsp3) is 0.400. The van der Waals surface area contributed by atoms with Crippen molar-refractivity contribution in [2.45, 2.75) is 19.4 Å². The number of hydrogen-bond donors (Lipinski definition) is 1. The zero-order chi connectivity index (χ0) is 16.4. The Bertz CT molecular complexity index is 892. The molecule has 0 saturated carbocycles. The van der Waals surface area contributed by atoms with E-state index in [0.29, 0.717) is 30.7 Å². The van der Waals surface area contributed by atoms with Gasteiger partial charge in [0.15, 0.2) is 5.58 Å². The minimum atomic E-state index is -0.662. The predicted octanol–water partition coefficient (Wildman–Crippen LogP) is 0.956. The van der Waals surface area contributed by atoms with Gasteiger partial charge in [0.25, 0.3) is 5.56 Å². The highest BCUT2D eigenvalue weighted by molar-refractivity contribution is 5.82. The van der Waals surface area contributed by atoms with Crippen LogP contribution < -0.4 is 10.9 Å². The average molecular weight is 318 g/mol. The second-order valence-corrected chi connectivity index (χ2v) is 5.16. The van der Waals surface area contributed by atoms with Gasteiger partial charge in [-0.1, -0.05) is 6.92 Å². The summed E-state index contributed by atoms with van der Waals surface area (Å²) in [5, 5.41) is 6.90.